The molecule has 6 rings (SSSR count). The third-order valence-electron chi connectivity index (χ3n) is 7.45. The van der Waals surface area contributed by atoms with Gasteiger partial charge in [-0.25, -0.2) is 22.2 Å². The number of rotatable bonds is 6. The zero-order chi connectivity index (χ0) is 24.4. The summed E-state index contributed by atoms with van der Waals surface area (Å²) < 4.78 is 49.9. The van der Waals surface area contributed by atoms with E-state index in [9.17, 15) is 4.39 Å². The Hall–Kier alpha value is -2.78. The number of halogens is 3. The molecule has 182 valence electrons. The number of piperidine rings is 1. The van der Waals surface area contributed by atoms with Crippen LogP contribution < -0.4 is 0 Å². The average molecular weight is 498 g/mol. The summed E-state index contributed by atoms with van der Waals surface area (Å²) >= 11 is 1.52. The highest BCUT2D eigenvalue weighted by Gasteiger charge is 2.82. The molecule has 2 unspecified atom stereocenters. The zero-order valence-corrected chi connectivity index (χ0v) is 20.4. The molecule has 35 heavy (non-hydrogen) atoms. The molecule has 0 spiro atoms. The second-order valence-corrected chi connectivity index (χ2v) is 10.7. The molecule has 4 aromatic rings. The first-order valence-corrected chi connectivity index (χ1v) is 12.7. The highest BCUT2D eigenvalue weighted by molar-refractivity contribution is 7.97. The summed E-state index contributed by atoms with van der Waals surface area (Å²) in [6, 6.07) is 9.92. The van der Waals surface area contributed by atoms with Gasteiger partial charge in [-0.05, 0) is 79.2 Å². The van der Waals surface area contributed by atoms with E-state index in [1.807, 2.05) is 36.1 Å². The quantitative estimate of drug-likeness (QED) is 0.307. The third-order valence-corrected chi connectivity index (χ3v) is 8.46. The molecule has 2 atom stereocenters. The summed E-state index contributed by atoms with van der Waals surface area (Å²) in [5, 5.41) is 9.62. The number of fused-ring (bicyclic) bond motifs is 2. The number of benzene rings is 2. The molecule has 1 aliphatic carbocycles. The minimum atomic E-state index is -2.75. The number of aryl methyl sites for hydroxylation is 2. The molecule has 9 heteroatoms. The van der Waals surface area contributed by atoms with E-state index in [2.05, 4.69) is 21.4 Å². The summed E-state index contributed by atoms with van der Waals surface area (Å²) in [4.78, 5) is 0.987. The molecule has 1 saturated carbocycles. The van der Waals surface area contributed by atoms with E-state index < -0.39 is 17.3 Å². The summed E-state index contributed by atoms with van der Waals surface area (Å²) in [6.45, 7) is 5.77. The molecule has 1 saturated heterocycles. The Morgan fingerprint density at radius 2 is 1.91 bits per heavy atom. The number of nitrogens with zero attached hydrogens (tertiary/aromatic N) is 5. The smallest absolute Gasteiger partial charge is 0.263 e. The van der Waals surface area contributed by atoms with Gasteiger partial charge >= 0.3 is 0 Å². The number of aromatic nitrogens is 4. The lowest BCUT2D eigenvalue weighted by Gasteiger charge is -2.30. The van der Waals surface area contributed by atoms with Gasteiger partial charge in [0.15, 0.2) is 0 Å². The van der Waals surface area contributed by atoms with Crippen molar-refractivity contribution in [1.29, 1.82) is 0 Å². The Labute approximate surface area is 206 Å². The second kappa shape index (κ2) is 8.13. The van der Waals surface area contributed by atoms with Crippen molar-refractivity contribution in [2.45, 2.75) is 49.5 Å². The summed E-state index contributed by atoms with van der Waals surface area (Å²) in [6.07, 6.45) is 6.90. The van der Waals surface area contributed by atoms with Crippen LogP contribution in [0.25, 0.3) is 16.6 Å². The van der Waals surface area contributed by atoms with E-state index >= 15 is 8.78 Å². The number of hydrogen-bond acceptors (Lipinski definition) is 4. The highest BCUT2D eigenvalue weighted by Crippen LogP contribution is 2.71. The molecule has 2 aromatic carbocycles. The highest BCUT2D eigenvalue weighted by atomic mass is 32.2. The Morgan fingerprint density at radius 3 is 2.66 bits per heavy atom. The standard InChI is InChI=1S/C26H26F3N5S/c1-3-9-32-15-21(14-30-32)35-33-10-8-25(24(16-33)26(25,28)29)22-12-18-13-31-34(23(18)11-17(22)2)20-6-4-19(27)5-7-20/h4-7,11-15,24H,3,8-10,16H2,1-2H3. The van der Waals surface area contributed by atoms with Crippen LogP contribution in [0, 0.1) is 18.7 Å². The summed E-state index contributed by atoms with van der Waals surface area (Å²) in [7, 11) is 0. The lowest BCUT2D eigenvalue weighted by Crippen LogP contribution is -2.32. The van der Waals surface area contributed by atoms with Gasteiger partial charge < -0.3 is 0 Å². The first kappa shape index (κ1) is 22.7. The molecule has 2 aromatic heterocycles. The lowest BCUT2D eigenvalue weighted by atomic mass is 9.84. The van der Waals surface area contributed by atoms with Crippen molar-refractivity contribution in [1.82, 2.24) is 23.9 Å². The Balaban J connectivity index is 1.27. The van der Waals surface area contributed by atoms with Crippen molar-refractivity contribution in [2.24, 2.45) is 5.92 Å². The van der Waals surface area contributed by atoms with Crippen molar-refractivity contribution in [3.8, 4) is 5.69 Å². The monoisotopic (exact) mass is 497 g/mol. The van der Waals surface area contributed by atoms with Gasteiger partial charge in [-0.15, -0.1) is 0 Å². The van der Waals surface area contributed by atoms with Crippen LogP contribution in [0.4, 0.5) is 13.2 Å². The van der Waals surface area contributed by atoms with E-state index in [-0.39, 0.29) is 5.82 Å². The fourth-order valence-corrected chi connectivity index (χ4v) is 6.63. The van der Waals surface area contributed by atoms with Crippen LogP contribution in [0.15, 0.2) is 59.9 Å². The van der Waals surface area contributed by atoms with Gasteiger partial charge in [0, 0.05) is 31.2 Å². The summed E-state index contributed by atoms with van der Waals surface area (Å²) in [5.74, 6) is -3.78. The van der Waals surface area contributed by atoms with Gasteiger partial charge in [0.25, 0.3) is 5.92 Å². The molecule has 2 fully saturated rings. The van der Waals surface area contributed by atoms with E-state index in [0.717, 1.165) is 45.6 Å². The molecule has 0 radical (unpaired) electrons. The average Bonchev–Trinajstić information content (AvgIpc) is 3.20. The molecule has 5 nitrogen and oxygen atoms in total. The van der Waals surface area contributed by atoms with Crippen LogP contribution in [0.1, 0.15) is 30.9 Å². The van der Waals surface area contributed by atoms with Crippen molar-refractivity contribution < 1.29 is 13.2 Å². The van der Waals surface area contributed by atoms with Gasteiger partial charge in [-0.3, -0.25) is 4.68 Å². The topological polar surface area (TPSA) is 38.9 Å². The van der Waals surface area contributed by atoms with Gasteiger partial charge in [-0.1, -0.05) is 6.92 Å². The lowest BCUT2D eigenvalue weighted by molar-refractivity contribution is 0.0778. The Kier molecular flexibility index (Phi) is 5.27. The SMILES string of the molecule is CCCn1cc(SN2CCC3(c4cc5cnn(-c6ccc(F)cc6)c5cc4C)C(C2)C3(F)F)cn1. The predicted octanol–water partition coefficient (Wildman–Crippen LogP) is 6.00. The molecular weight excluding hydrogens is 471 g/mol. The number of hydrogen-bond donors (Lipinski definition) is 0. The summed E-state index contributed by atoms with van der Waals surface area (Å²) in [5.41, 5.74) is 1.98. The maximum Gasteiger partial charge on any atom is 0.263 e. The van der Waals surface area contributed by atoms with Crippen LogP contribution in [0.5, 0.6) is 0 Å². The fourth-order valence-electron chi connectivity index (χ4n) is 5.66. The van der Waals surface area contributed by atoms with Crippen LogP contribution in [0.2, 0.25) is 0 Å². The van der Waals surface area contributed by atoms with Gasteiger partial charge in [0.05, 0.1) is 39.8 Å². The molecular formula is C26H26F3N5S. The minimum Gasteiger partial charge on any atom is -0.272 e. The largest absolute Gasteiger partial charge is 0.272 e. The maximum atomic E-state index is 15.4. The van der Waals surface area contributed by atoms with E-state index in [1.165, 1.54) is 24.1 Å². The van der Waals surface area contributed by atoms with Crippen LogP contribution >= 0.6 is 11.9 Å². The molecule has 1 aliphatic heterocycles. The van der Waals surface area contributed by atoms with Gasteiger partial charge in [0.2, 0.25) is 0 Å². The van der Waals surface area contributed by atoms with Crippen LogP contribution in [0.3, 0.4) is 0 Å². The molecule has 2 aliphatic rings. The Bertz CT molecular complexity index is 1400. The third kappa shape index (κ3) is 3.50. The van der Waals surface area contributed by atoms with Crippen molar-refractivity contribution in [3.05, 3.63) is 71.9 Å². The molecule has 3 heterocycles. The molecule has 0 amide bonds. The fraction of sp³-hybridized carbons (Fsp3) is 0.385. The predicted molar refractivity (Wildman–Crippen MR) is 130 cm³/mol. The Morgan fingerprint density at radius 1 is 1.11 bits per heavy atom. The van der Waals surface area contributed by atoms with Crippen molar-refractivity contribution in [2.75, 3.05) is 13.1 Å². The zero-order valence-electron chi connectivity index (χ0n) is 19.6. The van der Waals surface area contributed by atoms with Gasteiger partial charge in [0.1, 0.15) is 5.82 Å². The van der Waals surface area contributed by atoms with E-state index in [0.29, 0.717) is 19.5 Å². The van der Waals surface area contributed by atoms with E-state index in [4.69, 9.17) is 0 Å². The number of alkyl halides is 2. The van der Waals surface area contributed by atoms with E-state index in [1.54, 1.807) is 23.0 Å². The first-order valence-electron chi connectivity index (χ1n) is 11.9. The normalized spacial score (nSPS) is 23.5. The van der Waals surface area contributed by atoms with Gasteiger partial charge in [-0.2, -0.15) is 10.2 Å². The van der Waals surface area contributed by atoms with Crippen LogP contribution in [-0.2, 0) is 12.0 Å². The maximum absolute atomic E-state index is 15.4. The van der Waals surface area contributed by atoms with Crippen molar-refractivity contribution >= 4 is 22.9 Å². The second-order valence-electron chi connectivity index (χ2n) is 9.57. The van der Waals surface area contributed by atoms with Crippen LogP contribution in [-0.4, -0.2) is 42.9 Å². The molecule has 0 bridgehead atoms. The van der Waals surface area contributed by atoms with Crippen molar-refractivity contribution in [3.63, 3.8) is 0 Å². The first-order chi connectivity index (χ1) is 16.8. The molecule has 0 N–H and O–H groups in total. The minimum absolute atomic E-state index is 0.316.